The van der Waals surface area contributed by atoms with Crippen LogP contribution in [0.1, 0.15) is 5.69 Å². The van der Waals surface area contributed by atoms with Crippen molar-refractivity contribution in [3.05, 3.63) is 36.4 Å². The molecule has 0 aliphatic heterocycles. The topological polar surface area (TPSA) is 68.0 Å². The first-order valence-electron chi connectivity index (χ1n) is 5.05. The molecule has 1 aromatic heterocycles. The summed E-state index contributed by atoms with van der Waals surface area (Å²) in [6.07, 6.45) is 3.07. The maximum absolute atomic E-state index is 7.58. The Morgan fingerprint density at radius 3 is 2.76 bits per heavy atom. The number of ether oxygens (including phenoxy) is 2. The Labute approximate surface area is 99.2 Å². The van der Waals surface area contributed by atoms with Crippen LogP contribution in [0.5, 0.6) is 17.2 Å². The summed E-state index contributed by atoms with van der Waals surface area (Å²) in [5.41, 5.74) is 8.66. The highest BCUT2D eigenvalue weighted by molar-refractivity contribution is 5.53. The molecule has 0 saturated heterocycles. The molecule has 1 aromatic carbocycles. The molecular formula is C12H12N3O2. The average molecular weight is 230 g/mol. The first-order valence-corrected chi connectivity index (χ1v) is 5.05. The summed E-state index contributed by atoms with van der Waals surface area (Å²) in [6.45, 7) is 1.84. The van der Waals surface area contributed by atoms with Gasteiger partial charge in [0.15, 0.2) is 5.75 Å². The SMILES string of the molecule is COc1cc(Oc2cncnc2C)ccc1[NH]. The summed E-state index contributed by atoms with van der Waals surface area (Å²) in [6, 6.07) is 4.99. The van der Waals surface area contributed by atoms with E-state index in [9.17, 15) is 0 Å². The van der Waals surface area contributed by atoms with Gasteiger partial charge >= 0.3 is 0 Å². The molecule has 1 radical (unpaired) electrons. The second-order valence-electron chi connectivity index (χ2n) is 3.44. The standard InChI is InChI=1S/C12H12N3O2/c1-8-12(6-14-7-15-8)17-9-3-4-10(13)11(5-9)16-2/h3-7,13H,1-2H3. The predicted octanol–water partition coefficient (Wildman–Crippen LogP) is 2.50. The van der Waals surface area contributed by atoms with Crippen LogP contribution in [-0.2, 0) is 0 Å². The summed E-state index contributed by atoms with van der Waals surface area (Å²) in [5, 5.41) is 0. The monoisotopic (exact) mass is 230 g/mol. The largest absolute Gasteiger partial charge is 0.494 e. The Morgan fingerprint density at radius 1 is 1.24 bits per heavy atom. The van der Waals surface area contributed by atoms with Crippen molar-refractivity contribution in [3.63, 3.8) is 0 Å². The zero-order chi connectivity index (χ0) is 12.3. The Hall–Kier alpha value is -2.30. The molecule has 0 aliphatic carbocycles. The maximum atomic E-state index is 7.58. The molecule has 2 aromatic rings. The highest BCUT2D eigenvalue weighted by Crippen LogP contribution is 2.30. The minimum Gasteiger partial charge on any atom is -0.494 e. The van der Waals surface area contributed by atoms with Gasteiger partial charge in [-0.1, -0.05) is 0 Å². The van der Waals surface area contributed by atoms with Gasteiger partial charge < -0.3 is 9.47 Å². The molecule has 5 heteroatoms. The van der Waals surface area contributed by atoms with Gasteiger partial charge in [-0.15, -0.1) is 0 Å². The van der Waals surface area contributed by atoms with E-state index in [1.165, 1.54) is 13.4 Å². The van der Waals surface area contributed by atoms with E-state index in [0.717, 1.165) is 5.69 Å². The zero-order valence-corrected chi connectivity index (χ0v) is 9.60. The fourth-order valence-electron chi connectivity index (χ4n) is 1.34. The number of nitrogens with zero attached hydrogens (tertiary/aromatic N) is 2. The normalized spacial score (nSPS) is 10.0. The van der Waals surface area contributed by atoms with Gasteiger partial charge in [0.2, 0.25) is 0 Å². The molecule has 0 atom stereocenters. The number of benzene rings is 1. The van der Waals surface area contributed by atoms with E-state index < -0.39 is 0 Å². The molecule has 0 spiro atoms. The van der Waals surface area contributed by atoms with Gasteiger partial charge in [-0.3, -0.25) is 5.73 Å². The van der Waals surface area contributed by atoms with Crippen LogP contribution in [0.4, 0.5) is 5.69 Å². The molecule has 0 unspecified atom stereocenters. The van der Waals surface area contributed by atoms with Crippen LogP contribution in [-0.4, -0.2) is 17.1 Å². The molecule has 0 bridgehead atoms. The van der Waals surface area contributed by atoms with Crippen LogP contribution >= 0.6 is 0 Å². The van der Waals surface area contributed by atoms with E-state index in [-0.39, 0.29) is 0 Å². The van der Waals surface area contributed by atoms with Crippen molar-refractivity contribution in [3.8, 4) is 17.2 Å². The van der Waals surface area contributed by atoms with Gasteiger partial charge in [0.25, 0.3) is 0 Å². The van der Waals surface area contributed by atoms with Crippen molar-refractivity contribution in [2.45, 2.75) is 6.92 Å². The lowest BCUT2D eigenvalue weighted by atomic mass is 10.3. The first-order chi connectivity index (χ1) is 8.20. The summed E-state index contributed by atoms with van der Waals surface area (Å²) in [4.78, 5) is 7.93. The number of methoxy groups -OCH3 is 1. The van der Waals surface area contributed by atoms with Gasteiger partial charge in [-0.2, -0.15) is 0 Å². The second-order valence-corrected chi connectivity index (χ2v) is 3.44. The fraction of sp³-hybridized carbons (Fsp3) is 0.167. The maximum Gasteiger partial charge on any atom is 0.166 e. The molecule has 5 nitrogen and oxygen atoms in total. The Kier molecular flexibility index (Phi) is 3.09. The lowest BCUT2D eigenvalue weighted by molar-refractivity contribution is 0.409. The van der Waals surface area contributed by atoms with Gasteiger partial charge in [0, 0.05) is 6.07 Å². The van der Waals surface area contributed by atoms with E-state index in [4.69, 9.17) is 15.2 Å². The van der Waals surface area contributed by atoms with E-state index in [1.807, 2.05) is 6.92 Å². The van der Waals surface area contributed by atoms with Crippen molar-refractivity contribution in [2.24, 2.45) is 0 Å². The van der Waals surface area contributed by atoms with Crippen LogP contribution in [0.3, 0.4) is 0 Å². The average Bonchev–Trinajstić information content (AvgIpc) is 2.34. The van der Waals surface area contributed by atoms with Gasteiger partial charge in [-0.25, -0.2) is 9.97 Å². The number of aryl methyl sites for hydroxylation is 1. The van der Waals surface area contributed by atoms with Crippen molar-refractivity contribution in [2.75, 3.05) is 7.11 Å². The molecule has 0 fully saturated rings. The lowest BCUT2D eigenvalue weighted by Crippen LogP contribution is -1.92. The van der Waals surface area contributed by atoms with Crippen LogP contribution in [0.2, 0.25) is 0 Å². The van der Waals surface area contributed by atoms with Crippen molar-refractivity contribution in [1.29, 1.82) is 0 Å². The molecule has 1 N–H and O–H groups in total. The quantitative estimate of drug-likeness (QED) is 0.812. The minimum atomic E-state index is 0.320. The van der Waals surface area contributed by atoms with Crippen LogP contribution in [0, 0.1) is 6.92 Å². The smallest absolute Gasteiger partial charge is 0.166 e. The predicted molar refractivity (Wildman–Crippen MR) is 62.6 cm³/mol. The Balaban J connectivity index is 2.28. The molecule has 87 valence electrons. The number of nitrogens with one attached hydrogen (secondary N) is 1. The number of rotatable bonds is 3. The molecular weight excluding hydrogens is 218 g/mol. The molecule has 17 heavy (non-hydrogen) atoms. The summed E-state index contributed by atoms with van der Waals surface area (Å²) < 4.78 is 10.7. The second kappa shape index (κ2) is 4.69. The van der Waals surface area contributed by atoms with Crippen molar-refractivity contribution >= 4 is 5.69 Å². The summed E-state index contributed by atoms with van der Waals surface area (Å²) in [5.74, 6) is 1.65. The highest BCUT2D eigenvalue weighted by Gasteiger charge is 2.05. The third-order valence-corrected chi connectivity index (χ3v) is 2.27. The van der Waals surface area contributed by atoms with Crippen molar-refractivity contribution < 1.29 is 9.47 Å². The van der Waals surface area contributed by atoms with Gasteiger partial charge in [0.05, 0.1) is 24.7 Å². The Bertz CT molecular complexity index is 529. The van der Waals surface area contributed by atoms with E-state index in [1.54, 1.807) is 24.4 Å². The molecule has 1 heterocycles. The number of hydrogen-bond acceptors (Lipinski definition) is 4. The molecule has 0 aliphatic rings. The third-order valence-electron chi connectivity index (χ3n) is 2.27. The van der Waals surface area contributed by atoms with Crippen molar-refractivity contribution in [1.82, 2.24) is 15.7 Å². The highest BCUT2D eigenvalue weighted by atomic mass is 16.5. The van der Waals surface area contributed by atoms with Crippen LogP contribution < -0.4 is 15.2 Å². The number of hydrogen-bond donors (Lipinski definition) is 0. The zero-order valence-electron chi connectivity index (χ0n) is 9.60. The first kappa shape index (κ1) is 11.2. The third kappa shape index (κ3) is 2.44. The van der Waals surface area contributed by atoms with Gasteiger partial charge in [0.1, 0.15) is 17.8 Å². The van der Waals surface area contributed by atoms with E-state index in [0.29, 0.717) is 22.9 Å². The number of aromatic nitrogens is 2. The lowest BCUT2D eigenvalue weighted by Gasteiger charge is -2.09. The summed E-state index contributed by atoms with van der Waals surface area (Å²) >= 11 is 0. The molecule has 2 rings (SSSR count). The fourth-order valence-corrected chi connectivity index (χ4v) is 1.34. The molecule has 0 saturated carbocycles. The van der Waals surface area contributed by atoms with Crippen LogP contribution in [0.15, 0.2) is 30.7 Å². The Morgan fingerprint density at radius 2 is 2.06 bits per heavy atom. The van der Waals surface area contributed by atoms with E-state index >= 15 is 0 Å². The van der Waals surface area contributed by atoms with Gasteiger partial charge in [-0.05, 0) is 19.1 Å². The minimum absolute atomic E-state index is 0.320. The van der Waals surface area contributed by atoms with E-state index in [2.05, 4.69) is 9.97 Å². The van der Waals surface area contributed by atoms with Crippen LogP contribution in [0.25, 0.3) is 0 Å². The summed E-state index contributed by atoms with van der Waals surface area (Å²) in [7, 11) is 1.52. The molecule has 0 amide bonds.